The van der Waals surface area contributed by atoms with E-state index in [1.54, 1.807) is 0 Å². The molecule has 0 radical (unpaired) electrons. The quantitative estimate of drug-likeness (QED) is 0.853. The maximum Gasteiger partial charge on any atom is 0.119 e. The van der Waals surface area contributed by atoms with E-state index in [4.69, 9.17) is 4.74 Å². The molecule has 21 heavy (non-hydrogen) atoms. The molecule has 0 fully saturated rings. The van der Waals surface area contributed by atoms with Crippen LogP contribution in [0.3, 0.4) is 0 Å². The van der Waals surface area contributed by atoms with Gasteiger partial charge >= 0.3 is 0 Å². The summed E-state index contributed by atoms with van der Waals surface area (Å²) < 4.78 is 5.62. The van der Waals surface area contributed by atoms with E-state index in [0.29, 0.717) is 13.0 Å². The van der Waals surface area contributed by atoms with E-state index in [-0.39, 0.29) is 0 Å². The molecule has 0 amide bonds. The van der Waals surface area contributed by atoms with Crippen molar-refractivity contribution in [1.29, 1.82) is 0 Å². The van der Waals surface area contributed by atoms with Crippen LogP contribution in [-0.2, 0) is 6.42 Å². The van der Waals surface area contributed by atoms with Crippen molar-refractivity contribution in [3.8, 4) is 5.75 Å². The fourth-order valence-corrected chi connectivity index (χ4v) is 2.56. The average Bonchev–Trinajstić information content (AvgIpc) is 2.44. The first-order valence-corrected chi connectivity index (χ1v) is 7.56. The summed E-state index contributed by atoms with van der Waals surface area (Å²) in [7, 11) is 0. The molecule has 2 heteroatoms. The lowest BCUT2D eigenvalue weighted by atomic mass is 9.98. The number of hydrogen-bond donors (Lipinski definition) is 1. The molecule has 0 bridgehead atoms. The van der Waals surface area contributed by atoms with Crippen LogP contribution in [0.4, 0.5) is 0 Å². The monoisotopic (exact) mass is 284 g/mol. The molecule has 0 aliphatic carbocycles. The maximum atomic E-state index is 10.5. The third-order valence-electron chi connectivity index (χ3n) is 3.43. The largest absolute Gasteiger partial charge is 0.494 e. The molecule has 2 aromatic carbocycles. The first-order valence-electron chi connectivity index (χ1n) is 7.56. The second-order valence-electron chi connectivity index (χ2n) is 5.64. The highest BCUT2D eigenvalue weighted by atomic mass is 16.5. The number of aliphatic hydroxyl groups excluding tert-OH is 1. The van der Waals surface area contributed by atoms with Gasteiger partial charge in [-0.25, -0.2) is 0 Å². The van der Waals surface area contributed by atoms with Crippen LogP contribution in [0.2, 0.25) is 0 Å². The summed E-state index contributed by atoms with van der Waals surface area (Å²) in [6.45, 7) is 6.96. The van der Waals surface area contributed by atoms with E-state index >= 15 is 0 Å². The van der Waals surface area contributed by atoms with Gasteiger partial charge in [0.1, 0.15) is 5.75 Å². The Morgan fingerprint density at radius 1 is 1.05 bits per heavy atom. The average molecular weight is 284 g/mol. The molecule has 0 aromatic heterocycles. The summed E-state index contributed by atoms with van der Waals surface area (Å²) in [5, 5.41) is 10.5. The van der Waals surface area contributed by atoms with Crippen molar-refractivity contribution in [2.75, 3.05) is 6.61 Å². The maximum absolute atomic E-state index is 10.5. The molecule has 0 aliphatic rings. The molecule has 2 rings (SSSR count). The van der Waals surface area contributed by atoms with Crippen molar-refractivity contribution >= 4 is 0 Å². The van der Waals surface area contributed by atoms with Gasteiger partial charge in [-0.1, -0.05) is 48.4 Å². The van der Waals surface area contributed by atoms with Gasteiger partial charge in [-0.3, -0.25) is 0 Å². The summed E-state index contributed by atoms with van der Waals surface area (Å²) in [6.07, 6.45) is 1.10. The molecule has 1 N–H and O–H groups in total. The molecule has 1 unspecified atom stereocenters. The van der Waals surface area contributed by atoms with Gasteiger partial charge in [0.25, 0.3) is 0 Å². The van der Waals surface area contributed by atoms with Crippen molar-refractivity contribution in [2.24, 2.45) is 0 Å². The van der Waals surface area contributed by atoms with E-state index in [1.807, 2.05) is 24.3 Å². The van der Waals surface area contributed by atoms with E-state index < -0.39 is 6.10 Å². The van der Waals surface area contributed by atoms with Crippen LogP contribution >= 0.6 is 0 Å². The molecule has 1 atom stereocenters. The normalized spacial score (nSPS) is 12.2. The number of ether oxygens (including phenoxy) is 1. The second kappa shape index (κ2) is 7.28. The zero-order valence-corrected chi connectivity index (χ0v) is 13.1. The molecule has 112 valence electrons. The highest BCUT2D eigenvalue weighted by Crippen LogP contribution is 2.23. The highest BCUT2D eigenvalue weighted by Gasteiger charge is 2.10. The van der Waals surface area contributed by atoms with Gasteiger partial charge in [0, 0.05) is 6.42 Å². The first kappa shape index (κ1) is 15.6. The standard InChI is InChI=1S/C19H24O2/c1-4-8-21-18-7-5-6-17(13-18)19(20)12-16-10-14(2)9-15(3)11-16/h5-7,9-11,13,19-20H,4,8,12H2,1-3H3. The molecule has 0 aliphatic heterocycles. The van der Waals surface area contributed by atoms with Gasteiger partial charge in [-0.15, -0.1) is 0 Å². The third kappa shape index (κ3) is 4.61. The molecule has 2 aromatic rings. The van der Waals surface area contributed by atoms with Crippen LogP contribution in [0.5, 0.6) is 5.75 Å². The van der Waals surface area contributed by atoms with Crippen molar-refractivity contribution in [1.82, 2.24) is 0 Å². The predicted molar refractivity (Wildman–Crippen MR) is 86.8 cm³/mol. The summed E-state index contributed by atoms with van der Waals surface area (Å²) in [4.78, 5) is 0. The Morgan fingerprint density at radius 3 is 2.43 bits per heavy atom. The number of aliphatic hydroxyl groups is 1. The van der Waals surface area contributed by atoms with Crippen LogP contribution in [-0.4, -0.2) is 11.7 Å². The Morgan fingerprint density at radius 2 is 1.76 bits per heavy atom. The van der Waals surface area contributed by atoms with Gasteiger partial charge in [0.2, 0.25) is 0 Å². The Kier molecular flexibility index (Phi) is 5.40. The predicted octanol–water partition coefficient (Wildman–Crippen LogP) is 4.37. The summed E-state index contributed by atoms with van der Waals surface area (Å²) in [6, 6.07) is 14.2. The number of benzene rings is 2. The smallest absolute Gasteiger partial charge is 0.119 e. The lowest BCUT2D eigenvalue weighted by Crippen LogP contribution is -2.03. The van der Waals surface area contributed by atoms with E-state index in [0.717, 1.165) is 17.7 Å². The first-order chi connectivity index (χ1) is 10.1. The molecule has 0 heterocycles. The van der Waals surface area contributed by atoms with Crippen molar-refractivity contribution in [2.45, 2.75) is 39.7 Å². The minimum absolute atomic E-state index is 0.503. The van der Waals surface area contributed by atoms with Crippen LogP contribution in [0, 0.1) is 13.8 Å². The van der Waals surface area contributed by atoms with Gasteiger partial charge in [0.05, 0.1) is 12.7 Å². The molecule has 2 nitrogen and oxygen atoms in total. The third-order valence-corrected chi connectivity index (χ3v) is 3.43. The summed E-state index contributed by atoms with van der Waals surface area (Å²) in [5.41, 5.74) is 4.54. The van der Waals surface area contributed by atoms with Crippen molar-refractivity contribution in [3.63, 3.8) is 0 Å². The Balaban J connectivity index is 2.10. The SMILES string of the molecule is CCCOc1cccc(C(O)Cc2cc(C)cc(C)c2)c1. The number of hydrogen-bond acceptors (Lipinski definition) is 2. The van der Waals surface area contributed by atoms with Crippen LogP contribution < -0.4 is 4.74 Å². The number of aryl methyl sites for hydroxylation is 2. The Labute approximate surface area is 127 Å². The zero-order valence-electron chi connectivity index (χ0n) is 13.1. The van der Waals surface area contributed by atoms with Crippen LogP contribution in [0.15, 0.2) is 42.5 Å². The lowest BCUT2D eigenvalue weighted by molar-refractivity contribution is 0.178. The number of rotatable bonds is 6. The fraction of sp³-hybridized carbons (Fsp3) is 0.368. The van der Waals surface area contributed by atoms with E-state index in [1.165, 1.54) is 16.7 Å². The fourth-order valence-electron chi connectivity index (χ4n) is 2.56. The van der Waals surface area contributed by atoms with Gasteiger partial charge in [-0.05, 0) is 43.5 Å². The topological polar surface area (TPSA) is 29.5 Å². The Hall–Kier alpha value is -1.80. The van der Waals surface area contributed by atoms with Crippen molar-refractivity contribution < 1.29 is 9.84 Å². The van der Waals surface area contributed by atoms with Crippen LogP contribution in [0.25, 0.3) is 0 Å². The van der Waals surface area contributed by atoms with Crippen LogP contribution in [0.1, 0.15) is 41.7 Å². The lowest BCUT2D eigenvalue weighted by Gasteiger charge is -2.14. The summed E-state index contributed by atoms with van der Waals surface area (Å²) in [5.74, 6) is 0.828. The molecule has 0 spiro atoms. The van der Waals surface area contributed by atoms with Gasteiger partial charge in [-0.2, -0.15) is 0 Å². The Bertz CT molecular complexity index is 570. The minimum atomic E-state index is -0.503. The highest BCUT2D eigenvalue weighted by molar-refractivity contribution is 5.33. The minimum Gasteiger partial charge on any atom is -0.494 e. The molecule has 0 saturated carbocycles. The molecular formula is C19H24O2. The molecule has 0 saturated heterocycles. The molecular weight excluding hydrogens is 260 g/mol. The zero-order chi connectivity index (χ0) is 15.2. The van der Waals surface area contributed by atoms with E-state index in [9.17, 15) is 5.11 Å². The second-order valence-corrected chi connectivity index (χ2v) is 5.64. The van der Waals surface area contributed by atoms with Gasteiger partial charge < -0.3 is 9.84 Å². The summed E-state index contributed by atoms with van der Waals surface area (Å²) >= 11 is 0. The van der Waals surface area contributed by atoms with Gasteiger partial charge in [0.15, 0.2) is 0 Å². The van der Waals surface area contributed by atoms with E-state index in [2.05, 4.69) is 39.0 Å². The van der Waals surface area contributed by atoms with Crippen molar-refractivity contribution in [3.05, 3.63) is 64.7 Å².